The van der Waals surface area contributed by atoms with Gasteiger partial charge < -0.3 is 4.74 Å². The fourth-order valence-corrected chi connectivity index (χ4v) is 3.78. The van der Waals surface area contributed by atoms with Gasteiger partial charge in [0.2, 0.25) is 0 Å². The summed E-state index contributed by atoms with van der Waals surface area (Å²) in [5, 5.41) is 4.67. The Bertz CT molecular complexity index is 1060. The fourth-order valence-electron chi connectivity index (χ4n) is 2.32. The molecule has 0 radical (unpaired) electrons. The lowest BCUT2D eigenvalue weighted by Crippen LogP contribution is -2.17. The first-order valence-corrected chi connectivity index (χ1v) is 10.7. The van der Waals surface area contributed by atoms with Gasteiger partial charge in [-0.3, -0.25) is 4.79 Å². The summed E-state index contributed by atoms with van der Waals surface area (Å²) < 4.78 is 7.79. The van der Waals surface area contributed by atoms with Crippen molar-refractivity contribution in [1.82, 2.24) is 5.43 Å². The molecule has 0 atom stereocenters. The maximum Gasteiger partial charge on any atom is 0.271 e. The Morgan fingerprint density at radius 1 is 1.00 bits per heavy atom. The van der Waals surface area contributed by atoms with Crippen LogP contribution in [0.25, 0.3) is 0 Å². The van der Waals surface area contributed by atoms with Crippen LogP contribution in [0.3, 0.4) is 0 Å². The van der Waals surface area contributed by atoms with Crippen molar-refractivity contribution >= 4 is 67.2 Å². The highest BCUT2D eigenvalue weighted by atomic mass is 79.9. The molecule has 0 saturated carbocycles. The van der Waals surface area contributed by atoms with Gasteiger partial charge >= 0.3 is 0 Å². The normalized spacial score (nSPS) is 10.9. The first kappa shape index (κ1) is 21.8. The third kappa shape index (κ3) is 6.31. The largest absolute Gasteiger partial charge is 0.489 e. The van der Waals surface area contributed by atoms with Crippen molar-refractivity contribution in [3.05, 3.63) is 96.3 Å². The van der Waals surface area contributed by atoms with Gasteiger partial charge in [0.05, 0.1) is 16.3 Å². The van der Waals surface area contributed by atoms with Crippen molar-refractivity contribution in [2.75, 3.05) is 0 Å². The van der Waals surface area contributed by atoms with Gasteiger partial charge in [0.1, 0.15) is 12.4 Å². The monoisotopic (exact) mass is 554 g/mol. The van der Waals surface area contributed by atoms with Crippen molar-refractivity contribution in [3.8, 4) is 5.75 Å². The number of rotatable bonds is 6. The first-order valence-electron chi connectivity index (χ1n) is 8.37. The number of benzene rings is 3. The van der Waals surface area contributed by atoms with Crippen molar-refractivity contribution in [2.45, 2.75) is 6.61 Å². The number of carbonyl (C=O) groups is 1. The smallest absolute Gasteiger partial charge is 0.271 e. The van der Waals surface area contributed by atoms with Crippen LogP contribution in [0.15, 0.2) is 74.7 Å². The van der Waals surface area contributed by atoms with Crippen LogP contribution in [-0.4, -0.2) is 12.1 Å². The molecule has 0 saturated heterocycles. The number of hydrogen-bond acceptors (Lipinski definition) is 3. The van der Waals surface area contributed by atoms with Gasteiger partial charge in [-0.1, -0.05) is 61.1 Å². The highest BCUT2D eigenvalue weighted by Gasteiger charge is 2.07. The molecule has 3 rings (SSSR count). The van der Waals surface area contributed by atoms with E-state index in [9.17, 15) is 4.79 Å². The van der Waals surface area contributed by atoms with Crippen LogP contribution < -0.4 is 10.2 Å². The van der Waals surface area contributed by atoms with Gasteiger partial charge in [-0.05, 0) is 60.2 Å². The molecule has 0 aromatic heterocycles. The Hall–Kier alpha value is -1.86. The van der Waals surface area contributed by atoms with Crippen LogP contribution >= 0.6 is 55.1 Å². The van der Waals surface area contributed by atoms with Gasteiger partial charge in [-0.15, -0.1) is 0 Å². The minimum atomic E-state index is -0.375. The number of nitrogens with zero attached hydrogens (tertiary/aromatic N) is 1. The molecule has 0 aliphatic rings. The van der Waals surface area contributed by atoms with E-state index >= 15 is 0 Å². The topological polar surface area (TPSA) is 50.7 Å². The molecule has 4 nitrogen and oxygen atoms in total. The minimum Gasteiger partial charge on any atom is -0.489 e. The van der Waals surface area contributed by atoms with E-state index in [1.165, 1.54) is 6.07 Å². The fraction of sp³-hybridized carbons (Fsp3) is 0.0476. The van der Waals surface area contributed by atoms with Crippen molar-refractivity contribution in [2.24, 2.45) is 5.10 Å². The first-order chi connectivity index (χ1) is 13.9. The molecule has 1 amide bonds. The minimum absolute atomic E-state index is 0.314. The van der Waals surface area contributed by atoms with E-state index in [1.807, 2.05) is 42.5 Å². The third-order valence-electron chi connectivity index (χ3n) is 3.85. The van der Waals surface area contributed by atoms with Gasteiger partial charge in [-0.25, -0.2) is 5.43 Å². The van der Waals surface area contributed by atoms with E-state index in [2.05, 4.69) is 42.4 Å². The number of halogens is 4. The molecular formula is C21H14Br2Cl2N2O2. The van der Waals surface area contributed by atoms with Crippen LogP contribution in [0.2, 0.25) is 10.0 Å². The van der Waals surface area contributed by atoms with E-state index in [0.717, 1.165) is 25.8 Å². The Kier molecular flexibility index (Phi) is 7.72. The maximum atomic E-state index is 12.1. The third-order valence-corrected chi connectivity index (χ3v) is 5.82. The standard InChI is InChI=1S/C21H14Br2Cl2N2O2/c22-16-5-3-15(18(23)10-16)12-29-17-6-1-13(2-7-17)11-26-27-21(28)14-4-8-19(24)20(25)9-14/h1-11H,12H2,(H,27,28)/b26-11-. The van der Waals surface area contributed by atoms with E-state index in [0.29, 0.717) is 22.2 Å². The molecule has 0 bridgehead atoms. The van der Waals surface area contributed by atoms with Gasteiger partial charge in [0, 0.05) is 20.1 Å². The van der Waals surface area contributed by atoms with Crippen LogP contribution in [-0.2, 0) is 6.61 Å². The highest BCUT2D eigenvalue weighted by Crippen LogP contribution is 2.24. The zero-order valence-electron chi connectivity index (χ0n) is 14.8. The predicted octanol–water partition coefficient (Wildman–Crippen LogP) is 6.86. The number of ether oxygens (including phenoxy) is 1. The van der Waals surface area contributed by atoms with E-state index in [1.54, 1.807) is 18.3 Å². The zero-order valence-corrected chi connectivity index (χ0v) is 19.5. The van der Waals surface area contributed by atoms with Crippen LogP contribution in [0.5, 0.6) is 5.75 Å². The molecule has 0 heterocycles. The van der Waals surface area contributed by atoms with Crippen molar-refractivity contribution in [1.29, 1.82) is 0 Å². The average Bonchev–Trinajstić information content (AvgIpc) is 2.70. The summed E-state index contributed by atoms with van der Waals surface area (Å²) in [5.74, 6) is 0.358. The van der Waals surface area contributed by atoms with Crippen molar-refractivity contribution in [3.63, 3.8) is 0 Å². The van der Waals surface area contributed by atoms with Crippen LogP contribution in [0.4, 0.5) is 0 Å². The highest BCUT2D eigenvalue weighted by molar-refractivity contribution is 9.11. The lowest BCUT2D eigenvalue weighted by atomic mass is 10.2. The summed E-state index contributed by atoms with van der Waals surface area (Å²) >= 11 is 18.7. The van der Waals surface area contributed by atoms with E-state index < -0.39 is 0 Å². The second-order valence-electron chi connectivity index (χ2n) is 5.92. The Morgan fingerprint density at radius 2 is 1.76 bits per heavy atom. The average molecular weight is 557 g/mol. The van der Waals surface area contributed by atoms with Crippen molar-refractivity contribution < 1.29 is 9.53 Å². The SMILES string of the molecule is O=C(N/N=C\c1ccc(OCc2ccc(Br)cc2Br)cc1)c1ccc(Cl)c(Cl)c1. The summed E-state index contributed by atoms with van der Waals surface area (Å²) in [6.45, 7) is 0.445. The lowest BCUT2D eigenvalue weighted by molar-refractivity contribution is 0.0955. The number of amides is 1. The lowest BCUT2D eigenvalue weighted by Gasteiger charge is -2.08. The zero-order chi connectivity index (χ0) is 20.8. The van der Waals surface area contributed by atoms with Gasteiger partial charge in [0.15, 0.2) is 0 Å². The Balaban J connectivity index is 1.54. The Labute approximate surface area is 195 Å². The predicted molar refractivity (Wildman–Crippen MR) is 124 cm³/mol. The van der Waals surface area contributed by atoms with E-state index in [4.69, 9.17) is 27.9 Å². The Morgan fingerprint density at radius 3 is 2.45 bits per heavy atom. The molecule has 0 fully saturated rings. The molecule has 0 aliphatic carbocycles. The second kappa shape index (κ2) is 10.3. The summed E-state index contributed by atoms with van der Waals surface area (Å²) in [5.41, 5.74) is 4.69. The molecule has 29 heavy (non-hydrogen) atoms. The summed E-state index contributed by atoms with van der Waals surface area (Å²) in [6, 6.07) is 17.9. The quantitative estimate of drug-likeness (QED) is 0.266. The molecule has 148 valence electrons. The molecule has 0 aliphatic heterocycles. The van der Waals surface area contributed by atoms with Gasteiger partial charge in [-0.2, -0.15) is 5.10 Å². The van der Waals surface area contributed by atoms with Gasteiger partial charge in [0.25, 0.3) is 5.91 Å². The molecule has 3 aromatic rings. The number of nitrogens with one attached hydrogen (secondary N) is 1. The maximum absolute atomic E-state index is 12.1. The summed E-state index contributed by atoms with van der Waals surface area (Å²) in [6.07, 6.45) is 1.55. The van der Waals surface area contributed by atoms with Crippen LogP contribution in [0, 0.1) is 0 Å². The molecule has 3 aromatic carbocycles. The second-order valence-corrected chi connectivity index (χ2v) is 8.51. The number of hydrazone groups is 1. The molecule has 8 heteroatoms. The molecular weight excluding hydrogens is 543 g/mol. The van der Waals surface area contributed by atoms with Crippen LogP contribution in [0.1, 0.15) is 21.5 Å². The van der Waals surface area contributed by atoms with E-state index in [-0.39, 0.29) is 5.91 Å². The molecule has 1 N–H and O–H groups in total. The number of hydrogen-bond donors (Lipinski definition) is 1. The summed E-state index contributed by atoms with van der Waals surface area (Å²) in [7, 11) is 0. The molecule has 0 spiro atoms. The molecule has 0 unspecified atom stereocenters. The summed E-state index contributed by atoms with van der Waals surface area (Å²) in [4.78, 5) is 12.1. The number of carbonyl (C=O) groups excluding carboxylic acids is 1.